The number of anilines is 1. The van der Waals surface area contributed by atoms with E-state index in [1.54, 1.807) is 50.2 Å². The number of para-hydroxylation sites is 1. The van der Waals surface area contributed by atoms with Gasteiger partial charge in [-0.05, 0) is 43.3 Å². The fraction of sp³-hybridized carbons (Fsp3) is 0.250. The number of hydrazone groups is 1. The Morgan fingerprint density at radius 3 is 2.30 bits per heavy atom. The van der Waals surface area contributed by atoms with Gasteiger partial charge in [0.25, 0.3) is 5.91 Å². The molecule has 0 unspecified atom stereocenters. The van der Waals surface area contributed by atoms with Gasteiger partial charge in [0.1, 0.15) is 11.5 Å². The molecule has 0 aliphatic rings. The smallest absolute Gasteiger partial charge is 0.277 e. The summed E-state index contributed by atoms with van der Waals surface area (Å²) in [5, 5.41) is 3.95. The van der Waals surface area contributed by atoms with Gasteiger partial charge in [-0.15, -0.1) is 0 Å². The predicted molar refractivity (Wildman–Crippen MR) is 104 cm³/mol. The van der Waals surface area contributed by atoms with Crippen LogP contribution in [0.5, 0.6) is 11.5 Å². The van der Waals surface area contributed by atoms with Crippen molar-refractivity contribution in [1.29, 1.82) is 0 Å². The summed E-state index contributed by atoms with van der Waals surface area (Å²) in [6.45, 7) is 1.50. The van der Waals surface area contributed by atoms with E-state index in [1.807, 2.05) is 30.3 Å². The molecule has 0 aliphatic carbocycles. The van der Waals surface area contributed by atoms with Gasteiger partial charge in [0, 0.05) is 18.4 Å². The molecule has 2 aromatic rings. The van der Waals surface area contributed by atoms with E-state index in [9.17, 15) is 9.59 Å². The Labute approximate surface area is 158 Å². The summed E-state index contributed by atoms with van der Waals surface area (Å²) in [4.78, 5) is 25.6. The second-order valence-electron chi connectivity index (χ2n) is 5.81. The number of benzene rings is 2. The molecule has 0 spiro atoms. The zero-order valence-corrected chi connectivity index (χ0v) is 15.6. The van der Waals surface area contributed by atoms with Crippen molar-refractivity contribution in [2.45, 2.75) is 13.3 Å². The SMILES string of the molecule is COc1ccc(OCC(=O)N/N=C(\C)CC(=O)N(C)c2ccccc2)cc1. The van der Waals surface area contributed by atoms with Crippen LogP contribution in [0, 0.1) is 0 Å². The molecule has 0 fully saturated rings. The number of methoxy groups -OCH3 is 1. The summed E-state index contributed by atoms with van der Waals surface area (Å²) in [5.41, 5.74) is 3.69. The number of hydrogen-bond acceptors (Lipinski definition) is 5. The van der Waals surface area contributed by atoms with Gasteiger partial charge in [0.15, 0.2) is 6.61 Å². The highest BCUT2D eigenvalue weighted by atomic mass is 16.5. The molecule has 0 saturated carbocycles. The van der Waals surface area contributed by atoms with Crippen LogP contribution < -0.4 is 19.8 Å². The van der Waals surface area contributed by atoms with Crippen LogP contribution in [0.2, 0.25) is 0 Å². The molecule has 0 heterocycles. The minimum absolute atomic E-state index is 0.102. The second kappa shape index (κ2) is 9.96. The number of rotatable bonds is 8. The molecule has 2 amide bonds. The van der Waals surface area contributed by atoms with Gasteiger partial charge in [-0.1, -0.05) is 18.2 Å². The van der Waals surface area contributed by atoms with Gasteiger partial charge in [-0.3, -0.25) is 9.59 Å². The second-order valence-corrected chi connectivity index (χ2v) is 5.81. The molecule has 0 atom stereocenters. The molecule has 7 heteroatoms. The maximum absolute atomic E-state index is 12.3. The number of nitrogens with one attached hydrogen (secondary N) is 1. The van der Waals surface area contributed by atoms with Gasteiger partial charge in [-0.2, -0.15) is 5.10 Å². The van der Waals surface area contributed by atoms with Crippen LogP contribution in [0.1, 0.15) is 13.3 Å². The fourth-order valence-electron chi connectivity index (χ4n) is 2.18. The molecule has 0 radical (unpaired) electrons. The molecule has 2 rings (SSSR count). The van der Waals surface area contributed by atoms with Crippen LogP contribution >= 0.6 is 0 Å². The Hall–Kier alpha value is -3.35. The van der Waals surface area contributed by atoms with Crippen LogP contribution in [0.15, 0.2) is 59.7 Å². The Kier molecular flexibility index (Phi) is 7.37. The zero-order valence-electron chi connectivity index (χ0n) is 15.6. The largest absolute Gasteiger partial charge is 0.497 e. The first kappa shape index (κ1) is 20.0. The molecule has 27 heavy (non-hydrogen) atoms. The number of carbonyl (C=O) groups is 2. The first-order valence-corrected chi connectivity index (χ1v) is 8.40. The van der Waals surface area contributed by atoms with Crippen molar-refractivity contribution in [3.8, 4) is 11.5 Å². The van der Waals surface area contributed by atoms with E-state index in [4.69, 9.17) is 9.47 Å². The number of amides is 2. The summed E-state index contributed by atoms with van der Waals surface area (Å²) in [6, 6.07) is 16.2. The quantitative estimate of drug-likeness (QED) is 0.573. The number of hydrogen-bond donors (Lipinski definition) is 1. The van der Waals surface area contributed by atoms with E-state index >= 15 is 0 Å². The average molecular weight is 369 g/mol. The van der Waals surface area contributed by atoms with Gasteiger partial charge < -0.3 is 14.4 Å². The Morgan fingerprint density at radius 2 is 1.67 bits per heavy atom. The fourth-order valence-corrected chi connectivity index (χ4v) is 2.18. The topological polar surface area (TPSA) is 80.2 Å². The monoisotopic (exact) mass is 369 g/mol. The number of ether oxygens (including phenoxy) is 2. The normalized spacial score (nSPS) is 10.9. The van der Waals surface area contributed by atoms with E-state index in [0.717, 1.165) is 5.69 Å². The van der Waals surface area contributed by atoms with Crippen LogP contribution in [-0.4, -0.2) is 38.3 Å². The first-order valence-electron chi connectivity index (χ1n) is 8.40. The molecule has 142 valence electrons. The van der Waals surface area contributed by atoms with Gasteiger partial charge in [-0.25, -0.2) is 5.43 Å². The molecule has 0 saturated heterocycles. The van der Waals surface area contributed by atoms with Crippen LogP contribution in [0.3, 0.4) is 0 Å². The molecular formula is C20H23N3O4. The maximum atomic E-state index is 12.3. The predicted octanol–water partition coefficient (Wildman–Crippen LogP) is 2.62. The van der Waals surface area contributed by atoms with Crippen LogP contribution in [-0.2, 0) is 9.59 Å². The summed E-state index contributed by atoms with van der Waals surface area (Å²) in [5.74, 6) is 0.726. The number of carbonyl (C=O) groups excluding carboxylic acids is 2. The maximum Gasteiger partial charge on any atom is 0.277 e. The molecule has 7 nitrogen and oxygen atoms in total. The average Bonchev–Trinajstić information content (AvgIpc) is 2.71. The van der Waals surface area contributed by atoms with E-state index in [1.165, 1.54) is 0 Å². The van der Waals surface area contributed by atoms with Gasteiger partial charge >= 0.3 is 0 Å². The molecule has 0 bridgehead atoms. The van der Waals surface area contributed by atoms with Crippen molar-refractivity contribution in [3.05, 3.63) is 54.6 Å². The minimum Gasteiger partial charge on any atom is -0.497 e. The van der Waals surface area contributed by atoms with Crippen LogP contribution in [0.4, 0.5) is 5.69 Å². The number of nitrogens with zero attached hydrogens (tertiary/aromatic N) is 2. The standard InChI is InChI=1S/C20H23N3O4/c1-15(13-20(25)23(2)16-7-5-4-6-8-16)21-22-19(24)14-27-18-11-9-17(26-3)10-12-18/h4-12H,13-14H2,1-3H3,(H,22,24)/b21-15+. The lowest BCUT2D eigenvalue weighted by atomic mass is 10.2. The van der Waals surface area contributed by atoms with Crippen molar-refractivity contribution in [1.82, 2.24) is 5.43 Å². The van der Waals surface area contributed by atoms with Gasteiger partial charge in [0.05, 0.1) is 13.5 Å². The van der Waals surface area contributed by atoms with E-state index < -0.39 is 5.91 Å². The van der Waals surface area contributed by atoms with Crippen molar-refractivity contribution in [2.24, 2.45) is 5.10 Å². The third-order valence-corrected chi connectivity index (χ3v) is 3.73. The van der Waals surface area contributed by atoms with Crippen molar-refractivity contribution < 1.29 is 19.1 Å². The zero-order chi connectivity index (χ0) is 19.6. The third kappa shape index (κ3) is 6.47. The highest BCUT2D eigenvalue weighted by Crippen LogP contribution is 2.16. The lowest BCUT2D eigenvalue weighted by molar-refractivity contribution is -0.123. The van der Waals surface area contributed by atoms with Crippen molar-refractivity contribution >= 4 is 23.2 Å². The lowest BCUT2D eigenvalue weighted by Crippen LogP contribution is -2.29. The minimum atomic E-state index is -0.408. The third-order valence-electron chi connectivity index (χ3n) is 3.73. The first-order chi connectivity index (χ1) is 13.0. The molecule has 0 aliphatic heterocycles. The van der Waals surface area contributed by atoms with E-state index in [-0.39, 0.29) is 18.9 Å². The molecule has 2 aromatic carbocycles. The highest BCUT2D eigenvalue weighted by molar-refractivity contribution is 6.06. The van der Waals surface area contributed by atoms with E-state index in [2.05, 4.69) is 10.5 Å². The molecule has 1 N–H and O–H groups in total. The molecule has 0 aromatic heterocycles. The van der Waals surface area contributed by atoms with Crippen molar-refractivity contribution in [2.75, 3.05) is 25.7 Å². The lowest BCUT2D eigenvalue weighted by Gasteiger charge is -2.17. The Bertz CT molecular complexity index is 789. The summed E-state index contributed by atoms with van der Waals surface area (Å²) in [6.07, 6.45) is 0.102. The Morgan fingerprint density at radius 1 is 1.04 bits per heavy atom. The van der Waals surface area contributed by atoms with E-state index in [0.29, 0.717) is 17.2 Å². The Balaban J connectivity index is 1.78. The van der Waals surface area contributed by atoms with Crippen molar-refractivity contribution in [3.63, 3.8) is 0 Å². The summed E-state index contributed by atoms with van der Waals surface area (Å²) >= 11 is 0. The molecular weight excluding hydrogens is 346 g/mol. The highest BCUT2D eigenvalue weighted by Gasteiger charge is 2.12. The van der Waals surface area contributed by atoms with Gasteiger partial charge in [0.2, 0.25) is 5.91 Å². The van der Waals surface area contributed by atoms with Crippen LogP contribution in [0.25, 0.3) is 0 Å². The summed E-state index contributed by atoms with van der Waals surface area (Å²) in [7, 11) is 3.28. The summed E-state index contributed by atoms with van der Waals surface area (Å²) < 4.78 is 10.4.